The maximum atomic E-state index is 6.18. The summed E-state index contributed by atoms with van der Waals surface area (Å²) in [6.45, 7) is 3.14. The Balaban J connectivity index is 1.93. The molecule has 0 radical (unpaired) electrons. The Hall–Kier alpha value is -0.500. The Kier molecular flexibility index (Phi) is 2.58. The molecule has 2 heteroatoms. The molecule has 1 heterocycles. The van der Waals surface area contributed by atoms with Crippen molar-refractivity contribution in [3.63, 3.8) is 0 Å². The minimum absolute atomic E-state index is 0.243. The highest BCUT2D eigenvalue weighted by molar-refractivity contribution is 5.11. The lowest BCUT2D eigenvalue weighted by Gasteiger charge is -2.24. The van der Waals surface area contributed by atoms with Gasteiger partial charge >= 0.3 is 0 Å². The van der Waals surface area contributed by atoms with Gasteiger partial charge in [0.1, 0.15) is 0 Å². The van der Waals surface area contributed by atoms with E-state index in [-0.39, 0.29) is 6.04 Å². The molecule has 2 nitrogen and oxygen atoms in total. The molecule has 0 saturated heterocycles. The highest BCUT2D eigenvalue weighted by Gasteiger charge is 2.33. The van der Waals surface area contributed by atoms with Crippen LogP contribution in [-0.4, -0.2) is 12.6 Å². The molecule has 2 atom stereocenters. The quantitative estimate of drug-likeness (QED) is 0.723. The Labute approximate surface area is 80.1 Å². The molecule has 74 valence electrons. The molecule has 0 bridgehead atoms. The molecule has 0 aromatic heterocycles. The first-order valence-corrected chi connectivity index (χ1v) is 5.35. The number of rotatable bonds is 3. The first-order valence-electron chi connectivity index (χ1n) is 5.35. The van der Waals surface area contributed by atoms with Crippen LogP contribution in [0.2, 0.25) is 0 Å². The fourth-order valence-corrected chi connectivity index (χ4v) is 2.08. The fourth-order valence-electron chi connectivity index (χ4n) is 2.08. The van der Waals surface area contributed by atoms with E-state index in [4.69, 9.17) is 10.5 Å². The van der Waals surface area contributed by atoms with Crippen LogP contribution in [0.4, 0.5) is 0 Å². The van der Waals surface area contributed by atoms with Gasteiger partial charge in [-0.1, -0.05) is 6.92 Å². The van der Waals surface area contributed by atoms with Crippen molar-refractivity contribution in [3.8, 4) is 0 Å². The van der Waals surface area contributed by atoms with Gasteiger partial charge in [-0.3, -0.25) is 0 Å². The van der Waals surface area contributed by atoms with E-state index in [2.05, 4.69) is 6.92 Å². The number of ether oxygens (including phenoxy) is 1. The van der Waals surface area contributed by atoms with Crippen LogP contribution in [-0.2, 0) is 4.74 Å². The van der Waals surface area contributed by atoms with Gasteiger partial charge in [0.05, 0.1) is 12.9 Å². The van der Waals surface area contributed by atoms with Crippen molar-refractivity contribution >= 4 is 0 Å². The average Bonchev–Trinajstić information content (AvgIpc) is 3.00. The molecule has 0 amide bonds. The summed E-state index contributed by atoms with van der Waals surface area (Å²) in [5.41, 5.74) is 7.51. The van der Waals surface area contributed by atoms with Gasteiger partial charge in [0.15, 0.2) is 0 Å². The Morgan fingerprint density at radius 1 is 1.54 bits per heavy atom. The van der Waals surface area contributed by atoms with Crippen LogP contribution in [0.3, 0.4) is 0 Å². The lowest BCUT2D eigenvalue weighted by atomic mass is 9.89. The van der Waals surface area contributed by atoms with Crippen molar-refractivity contribution in [1.82, 2.24) is 0 Å². The van der Waals surface area contributed by atoms with Crippen molar-refractivity contribution in [2.24, 2.45) is 17.6 Å². The maximum absolute atomic E-state index is 6.18. The smallest absolute Gasteiger partial charge is 0.0876 e. The zero-order valence-corrected chi connectivity index (χ0v) is 8.33. The molecule has 2 N–H and O–H groups in total. The van der Waals surface area contributed by atoms with Gasteiger partial charge in [-0.15, -0.1) is 0 Å². The molecule has 2 aliphatic rings. The summed E-state index contributed by atoms with van der Waals surface area (Å²) in [6.07, 6.45) is 6.92. The summed E-state index contributed by atoms with van der Waals surface area (Å²) in [5.74, 6) is 1.53. The van der Waals surface area contributed by atoms with E-state index in [1.54, 1.807) is 0 Å². The summed E-state index contributed by atoms with van der Waals surface area (Å²) in [7, 11) is 0. The molecule has 2 rings (SSSR count). The van der Waals surface area contributed by atoms with E-state index in [1.807, 2.05) is 6.26 Å². The average molecular weight is 181 g/mol. The van der Waals surface area contributed by atoms with Crippen LogP contribution in [0.1, 0.15) is 32.6 Å². The van der Waals surface area contributed by atoms with E-state index in [1.165, 1.54) is 18.4 Å². The minimum atomic E-state index is 0.243. The number of hydrogen-bond donors (Lipinski definition) is 1. The van der Waals surface area contributed by atoms with Crippen molar-refractivity contribution in [3.05, 3.63) is 11.8 Å². The standard InChI is InChI=1S/C11H19NO/c1-8(9-4-5-9)11(12)10-3-2-6-13-7-10/h7-9,11H,2-6,12H2,1H3. The van der Waals surface area contributed by atoms with E-state index >= 15 is 0 Å². The monoisotopic (exact) mass is 181 g/mol. The first-order chi connectivity index (χ1) is 6.29. The van der Waals surface area contributed by atoms with Crippen LogP contribution in [0.5, 0.6) is 0 Å². The molecular formula is C11H19NO. The van der Waals surface area contributed by atoms with Gasteiger partial charge in [-0.05, 0) is 43.1 Å². The molecule has 1 aliphatic carbocycles. The predicted octanol–water partition coefficient (Wildman–Crippen LogP) is 2.05. The van der Waals surface area contributed by atoms with Crippen molar-refractivity contribution in [2.75, 3.05) is 6.61 Å². The first kappa shape index (κ1) is 9.07. The Morgan fingerprint density at radius 3 is 2.85 bits per heavy atom. The summed E-state index contributed by atoms with van der Waals surface area (Å²) >= 11 is 0. The summed E-state index contributed by atoms with van der Waals surface area (Å²) < 4.78 is 5.31. The van der Waals surface area contributed by atoms with E-state index in [0.29, 0.717) is 5.92 Å². The van der Waals surface area contributed by atoms with E-state index in [0.717, 1.165) is 25.4 Å². The molecule has 13 heavy (non-hydrogen) atoms. The van der Waals surface area contributed by atoms with Crippen molar-refractivity contribution in [2.45, 2.75) is 38.6 Å². The molecule has 1 aliphatic heterocycles. The summed E-state index contributed by atoms with van der Waals surface area (Å²) in [6, 6.07) is 0.243. The number of hydrogen-bond acceptors (Lipinski definition) is 2. The third kappa shape index (κ3) is 2.05. The van der Waals surface area contributed by atoms with E-state index in [9.17, 15) is 0 Å². The van der Waals surface area contributed by atoms with Crippen LogP contribution in [0.15, 0.2) is 11.8 Å². The second-order valence-electron chi connectivity index (χ2n) is 4.39. The molecule has 0 aromatic carbocycles. The third-order valence-electron chi connectivity index (χ3n) is 3.32. The Morgan fingerprint density at radius 2 is 2.31 bits per heavy atom. The zero-order valence-electron chi connectivity index (χ0n) is 8.33. The lowest BCUT2D eigenvalue weighted by Crippen LogP contribution is -2.32. The lowest BCUT2D eigenvalue weighted by molar-refractivity contribution is 0.217. The van der Waals surface area contributed by atoms with E-state index < -0.39 is 0 Å². The highest BCUT2D eigenvalue weighted by Crippen LogP contribution is 2.39. The molecule has 0 spiro atoms. The van der Waals surface area contributed by atoms with Crippen molar-refractivity contribution in [1.29, 1.82) is 0 Å². The van der Waals surface area contributed by atoms with Gasteiger partial charge in [0, 0.05) is 6.04 Å². The largest absolute Gasteiger partial charge is 0.501 e. The SMILES string of the molecule is CC(C1CC1)C(N)C1=COCCC1. The Bertz CT molecular complexity index is 208. The third-order valence-corrected chi connectivity index (χ3v) is 3.32. The molecular weight excluding hydrogens is 162 g/mol. The molecule has 1 fully saturated rings. The normalized spacial score (nSPS) is 27.4. The highest BCUT2D eigenvalue weighted by atomic mass is 16.5. The maximum Gasteiger partial charge on any atom is 0.0876 e. The van der Waals surface area contributed by atoms with Gasteiger partial charge in [0.25, 0.3) is 0 Å². The number of nitrogens with two attached hydrogens (primary N) is 1. The van der Waals surface area contributed by atoms with Gasteiger partial charge in [0.2, 0.25) is 0 Å². The second kappa shape index (κ2) is 3.70. The fraction of sp³-hybridized carbons (Fsp3) is 0.818. The van der Waals surface area contributed by atoms with Gasteiger partial charge in [-0.2, -0.15) is 0 Å². The molecule has 0 aromatic rings. The minimum Gasteiger partial charge on any atom is -0.501 e. The summed E-state index contributed by atoms with van der Waals surface area (Å²) in [4.78, 5) is 0. The molecule has 1 saturated carbocycles. The zero-order chi connectivity index (χ0) is 9.26. The van der Waals surface area contributed by atoms with Gasteiger partial charge < -0.3 is 10.5 Å². The van der Waals surface area contributed by atoms with Crippen LogP contribution in [0, 0.1) is 11.8 Å². The molecule has 2 unspecified atom stereocenters. The van der Waals surface area contributed by atoms with Crippen LogP contribution < -0.4 is 5.73 Å². The van der Waals surface area contributed by atoms with Crippen molar-refractivity contribution < 1.29 is 4.74 Å². The van der Waals surface area contributed by atoms with Crippen LogP contribution >= 0.6 is 0 Å². The van der Waals surface area contributed by atoms with Crippen LogP contribution in [0.25, 0.3) is 0 Å². The predicted molar refractivity (Wildman–Crippen MR) is 53.1 cm³/mol. The topological polar surface area (TPSA) is 35.2 Å². The summed E-state index contributed by atoms with van der Waals surface area (Å²) in [5, 5.41) is 0. The second-order valence-corrected chi connectivity index (χ2v) is 4.39. The van der Waals surface area contributed by atoms with Gasteiger partial charge in [-0.25, -0.2) is 0 Å².